The molecule has 0 unspecified atom stereocenters. The Kier molecular flexibility index (Phi) is 2.84. The summed E-state index contributed by atoms with van der Waals surface area (Å²) < 4.78 is 0. The van der Waals surface area contributed by atoms with E-state index < -0.39 is 0 Å². The van der Waals surface area contributed by atoms with Crippen LogP contribution in [0.15, 0.2) is 0 Å². The minimum Gasteiger partial charge on any atom is -0.373 e. The lowest BCUT2D eigenvalue weighted by Crippen LogP contribution is -2.45. The van der Waals surface area contributed by atoms with Crippen molar-refractivity contribution in [3.63, 3.8) is 0 Å². The van der Waals surface area contributed by atoms with Crippen LogP contribution in [0, 0.1) is 0 Å². The van der Waals surface area contributed by atoms with E-state index in [1.54, 1.807) is 0 Å². The van der Waals surface area contributed by atoms with Crippen LogP contribution in [0.4, 0.5) is 0 Å². The number of nitrogens with two attached hydrogens (primary N) is 1. The quantitative estimate of drug-likeness (QED) is 0.615. The number of hydrogen-bond acceptors (Lipinski definition) is 2. The molecule has 1 rings (SSSR count). The summed E-state index contributed by atoms with van der Waals surface area (Å²) in [4.78, 5) is 0.800. The molecule has 0 radical (unpaired) electrons. The van der Waals surface area contributed by atoms with Gasteiger partial charge in [-0.3, -0.25) is 0 Å². The van der Waals surface area contributed by atoms with E-state index in [-0.39, 0.29) is 5.54 Å². The van der Waals surface area contributed by atoms with Crippen molar-refractivity contribution in [2.24, 2.45) is 5.73 Å². The second-order valence-corrected chi connectivity index (χ2v) is 4.01. The average Bonchev–Trinajstić information content (AvgIpc) is 2.36. The van der Waals surface area contributed by atoms with Gasteiger partial charge < -0.3 is 11.1 Å². The smallest absolute Gasteiger partial charge is 0.0895 e. The second-order valence-electron chi connectivity index (χ2n) is 3.52. The van der Waals surface area contributed by atoms with Crippen molar-refractivity contribution in [2.45, 2.75) is 38.1 Å². The Morgan fingerprint density at radius 3 is 2.55 bits per heavy atom. The van der Waals surface area contributed by atoms with Crippen LogP contribution >= 0.6 is 12.2 Å². The van der Waals surface area contributed by atoms with Crippen molar-refractivity contribution in [1.29, 1.82) is 0 Å². The molecular formula is C8H16N2S. The summed E-state index contributed by atoms with van der Waals surface area (Å²) in [6, 6.07) is 0. The van der Waals surface area contributed by atoms with Crippen LogP contribution < -0.4 is 11.1 Å². The molecular weight excluding hydrogens is 156 g/mol. The highest BCUT2D eigenvalue weighted by atomic mass is 32.1. The maximum atomic E-state index is 5.41. The molecule has 64 valence electrons. The molecule has 0 heterocycles. The molecule has 1 aliphatic carbocycles. The van der Waals surface area contributed by atoms with Gasteiger partial charge in [0.2, 0.25) is 0 Å². The highest BCUT2D eigenvalue weighted by Crippen LogP contribution is 2.28. The van der Waals surface area contributed by atoms with E-state index in [4.69, 9.17) is 18.0 Å². The molecule has 1 fully saturated rings. The largest absolute Gasteiger partial charge is 0.373 e. The van der Waals surface area contributed by atoms with Gasteiger partial charge in [0.1, 0.15) is 0 Å². The molecule has 0 spiro atoms. The van der Waals surface area contributed by atoms with Gasteiger partial charge in [0.25, 0.3) is 0 Å². The molecule has 11 heavy (non-hydrogen) atoms. The molecule has 0 bridgehead atoms. The predicted octanol–water partition coefficient (Wildman–Crippen LogP) is 1.19. The molecule has 3 heteroatoms. The predicted molar refractivity (Wildman–Crippen MR) is 51.7 cm³/mol. The van der Waals surface area contributed by atoms with E-state index in [1.165, 1.54) is 25.7 Å². The molecule has 0 atom stereocenters. The fourth-order valence-electron chi connectivity index (χ4n) is 1.67. The fraction of sp³-hybridized carbons (Fsp3) is 0.875. The van der Waals surface area contributed by atoms with E-state index in [0.29, 0.717) is 6.54 Å². The Bertz CT molecular complexity index is 150. The third-order valence-corrected chi connectivity index (χ3v) is 2.60. The normalized spacial score (nSPS) is 21.6. The number of thiocarbonyl (C=S) groups is 1. The number of nitrogens with one attached hydrogen (secondary N) is 1. The first-order valence-corrected chi connectivity index (χ1v) is 4.58. The summed E-state index contributed by atoms with van der Waals surface area (Å²) in [6.45, 7) is 2.70. The summed E-state index contributed by atoms with van der Waals surface area (Å²) in [5.74, 6) is 0. The molecule has 0 aromatic carbocycles. The minimum atomic E-state index is 0.246. The SMILES string of the molecule is CC1(NC(=S)CN)CCCC1. The maximum Gasteiger partial charge on any atom is 0.0895 e. The monoisotopic (exact) mass is 172 g/mol. The van der Waals surface area contributed by atoms with Crippen LogP contribution in [-0.2, 0) is 0 Å². The molecule has 3 N–H and O–H groups in total. The van der Waals surface area contributed by atoms with Crippen LogP contribution in [0.2, 0.25) is 0 Å². The maximum absolute atomic E-state index is 5.41. The van der Waals surface area contributed by atoms with Crippen molar-refractivity contribution in [1.82, 2.24) is 5.32 Å². The van der Waals surface area contributed by atoms with Crippen LogP contribution in [0.5, 0.6) is 0 Å². The standard InChI is InChI=1S/C8H16N2S/c1-8(4-2-3-5-8)10-7(11)6-9/h2-6,9H2,1H3,(H,10,11). The Morgan fingerprint density at radius 1 is 1.55 bits per heavy atom. The van der Waals surface area contributed by atoms with Gasteiger partial charge in [-0.25, -0.2) is 0 Å². The van der Waals surface area contributed by atoms with Crippen molar-refractivity contribution in [3.8, 4) is 0 Å². The van der Waals surface area contributed by atoms with E-state index >= 15 is 0 Å². The Hall–Kier alpha value is -0.150. The Labute approximate surface area is 73.5 Å². The van der Waals surface area contributed by atoms with Crippen molar-refractivity contribution in [3.05, 3.63) is 0 Å². The zero-order valence-electron chi connectivity index (χ0n) is 7.02. The van der Waals surface area contributed by atoms with Gasteiger partial charge in [-0.15, -0.1) is 0 Å². The van der Waals surface area contributed by atoms with Gasteiger partial charge in [0.05, 0.1) is 4.99 Å². The first kappa shape index (κ1) is 8.94. The molecule has 1 saturated carbocycles. The number of hydrogen-bond donors (Lipinski definition) is 2. The van der Waals surface area contributed by atoms with Gasteiger partial charge >= 0.3 is 0 Å². The van der Waals surface area contributed by atoms with Crippen LogP contribution in [-0.4, -0.2) is 17.1 Å². The van der Waals surface area contributed by atoms with E-state index in [2.05, 4.69) is 12.2 Å². The van der Waals surface area contributed by atoms with Crippen molar-refractivity contribution < 1.29 is 0 Å². The summed E-state index contributed by atoms with van der Waals surface area (Å²) in [5, 5.41) is 3.31. The minimum absolute atomic E-state index is 0.246. The van der Waals surface area contributed by atoms with Crippen LogP contribution in [0.25, 0.3) is 0 Å². The summed E-state index contributed by atoms with van der Waals surface area (Å²) in [6.07, 6.45) is 5.09. The molecule has 0 aromatic rings. The van der Waals surface area contributed by atoms with Gasteiger partial charge in [0, 0.05) is 12.1 Å². The van der Waals surface area contributed by atoms with Gasteiger partial charge in [0.15, 0.2) is 0 Å². The summed E-state index contributed by atoms with van der Waals surface area (Å²) in [7, 11) is 0. The van der Waals surface area contributed by atoms with E-state index in [9.17, 15) is 0 Å². The van der Waals surface area contributed by atoms with E-state index in [1.807, 2.05) is 0 Å². The zero-order valence-corrected chi connectivity index (χ0v) is 7.84. The highest BCUT2D eigenvalue weighted by Gasteiger charge is 2.28. The fourth-order valence-corrected chi connectivity index (χ4v) is 1.91. The summed E-state index contributed by atoms with van der Waals surface area (Å²) >= 11 is 5.03. The molecule has 0 aromatic heterocycles. The van der Waals surface area contributed by atoms with Crippen molar-refractivity contribution in [2.75, 3.05) is 6.54 Å². The van der Waals surface area contributed by atoms with Crippen LogP contribution in [0.3, 0.4) is 0 Å². The second kappa shape index (κ2) is 3.50. The lowest BCUT2D eigenvalue weighted by molar-refractivity contribution is 0.433. The number of rotatable bonds is 2. The lowest BCUT2D eigenvalue weighted by Gasteiger charge is -2.26. The highest BCUT2D eigenvalue weighted by molar-refractivity contribution is 7.80. The zero-order chi connectivity index (χ0) is 8.32. The third kappa shape index (κ3) is 2.42. The first-order chi connectivity index (χ1) is 5.16. The van der Waals surface area contributed by atoms with Gasteiger partial charge in [-0.2, -0.15) is 0 Å². The Balaban J connectivity index is 2.39. The molecule has 0 saturated heterocycles. The molecule has 0 aliphatic heterocycles. The van der Waals surface area contributed by atoms with Gasteiger partial charge in [-0.1, -0.05) is 25.1 Å². The third-order valence-electron chi connectivity index (χ3n) is 2.33. The first-order valence-electron chi connectivity index (χ1n) is 4.17. The van der Waals surface area contributed by atoms with E-state index in [0.717, 1.165) is 4.99 Å². The molecule has 1 aliphatic rings. The lowest BCUT2D eigenvalue weighted by atomic mass is 10.0. The Morgan fingerprint density at radius 2 is 2.09 bits per heavy atom. The molecule has 2 nitrogen and oxygen atoms in total. The molecule has 0 amide bonds. The van der Waals surface area contributed by atoms with Crippen molar-refractivity contribution >= 4 is 17.2 Å². The average molecular weight is 172 g/mol. The van der Waals surface area contributed by atoms with Crippen LogP contribution in [0.1, 0.15) is 32.6 Å². The summed E-state index contributed by atoms with van der Waals surface area (Å²) in [5.41, 5.74) is 5.65. The van der Waals surface area contributed by atoms with Gasteiger partial charge in [-0.05, 0) is 19.8 Å². The topological polar surface area (TPSA) is 38.0 Å².